The number of carbonyl (C=O) groups is 2. The predicted molar refractivity (Wildman–Crippen MR) is 138 cm³/mol. The molecule has 2 aromatic rings. The minimum absolute atomic E-state index is 0.103. The van der Waals surface area contributed by atoms with Crippen LogP contribution in [0.25, 0.3) is 0 Å². The molecule has 0 aliphatic carbocycles. The lowest BCUT2D eigenvalue weighted by molar-refractivity contribution is -0.129. The summed E-state index contributed by atoms with van der Waals surface area (Å²) in [7, 11) is 0. The molecule has 0 bridgehead atoms. The first-order chi connectivity index (χ1) is 16.3. The van der Waals surface area contributed by atoms with Crippen LogP contribution >= 0.6 is 0 Å². The molecular weight excluding hydrogens is 426 g/mol. The molecule has 0 fully saturated rings. The van der Waals surface area contributed by atoms with E-state index in [4.69, 9.17) is 0 Å². The summed E-state index contributed by atoms with van der Waals surface area (Å²) in [5.41, 5.74) is 4.59. The highest BCUT2D eigenvalue weighted by Gasteiger charge is 2.22. The van der Waals surface area contributed by atoms with E-state index in [1.807, 2.05) is 24.7 Å². The van der Waals surface area contributed by atoms with Gasteiger partial charge in [0, 0.05) is 24.1 Å². The van der Waals surface area contributed by atoms with Crippen LogP contribution in [0.5, 0.6) is 0 Å². The van der Waals surface area contributed by atoms with Crippen LogP contribution in [-0.4, -0.2) is 40.7 Å². The van der Waals surface area contributed by atoms with E-state index in [0.29, 0.717) is 13.1 Å². The van der Waals surface area contributed by atoms with Gasteiger partial charge in [0.2, 0.25) is 11.8 Å². The summed E-state index contributed by atoms with van der Waals surface area (Å²) in [5, 5.41) is 11.9. The van der Waals surface area contributed by atoms with Gasteiger partial charge in [-0.2, -0.15) is 0 Å². The lowest BCUT2D eigenvalue weighted by atomic mass is 9.94. The van der Waals surface area contributed by atoms with E-state index in [-0.39, 0.29) is 18.4 Å². The van der Waals surface area contributed by atoms with E-state index >= 15 is 0 Å². The minimum Gasteiger partial charge on any atom is -0.380 e. The van der Waals surface area contributed by atoms with Gasteiger partial charge in [-0.25, -0.2) is 0 Å². The molecule has 1 aromatic carbocycles. The van der Waals surface area contributed by atoms with Crippen LogP contribution in [0.15, 0.2) is 42.7 Å². The average molecular weight is 470 g/mol. The molecule has 188 valence electrons. The monoisotopic (exact) mass is 469 g/mol. The zero-order valence-corrected chi connectivity index (χ0v) is 21.4. The van der Waals surface area contributed by atoms with E-state index < -0.39 is 6.04 Å². The summed E-state index contributed by atoms with van der Waals surface area (Å²) >= 11 is 0. The standard InChI is InChI=1S/C27H43N5O2/c1-6-20(3)14-15-24-12-9-8-11-23(24)13-10-16-28-27(34)25(19-32-22(5)17-30-32)31-26(33)18-29-21(4)7-2/h8-9,11-12,17,20,25,29-30H,4,6-7,10,13-16,18-19H2,1-3,5H3,(H,28,34)(H,31,33)/t20-,25?/m1/s1. The van der Waals surface area contributed by atoms with E-state index in [1.165, 1.54) is 24.0 Å². The van der Waals surface area contributed by atoms with Gasteiger partial charge in [-0.1, -0.05) is 58.0 Å². The predicted octanol–water partition coefficient (Wildman–Crippen LogP) is 3.85. The molecule has 7 heteroatoms. The number of allylic oxidation sites excluding steroid dienone is 1. The number of aromatic amines is 1. The number of H-pyrrole nitrogens is 1. The Morgan fingerprint density at radius 2 is 1.82 bits per heavy atom. The lowest BCUT2D eigenvalue weighted by Crippen LogP contribution is -2.51. The maximum absolute atomic E-state index is 12.9. The second kappa shape index (κ2) is 14.3. The number of hydrogen-bond donors (Lipinski definition) is 4. The summed E-state index contributed by atoms with van der Waals surface area (Å²) in [6, 6.07) is 7.96. The van der Waals surface area contributed by atoms with Crippen molar-refractivity contribution >= 4 is 11.8 Å². The summed E-state index contributed by atoms with van der Waals surface area (Å²) in [5.74, 6) is 0.329. The molecule has 34 heavy (non-hydrogen) atoms. The maximum Gasteiger partial charge on any atom is 0.244 e. The Bertz CT molecular complexity index is 914. The summed E-state index contributed by atoms with van der Waals surface area (Å²) in [4.78, 5) is 25.3. The van der Waals surface area contributed by atoms with Crippen molar-refractivity contribution in [2.24, 2.45) is 5.92 Å². The SMILES string of the molecule is C=C(CC)NCC(=O)NC(Cn1[nH]cc1C)C(=O)NCCCc1ccccc1CC[C@H](C)CC. The number of hydrogen-bond acceptors (Lipinski definition) is 3. The number of amides is 2. The van der Waals surface area contributed by atoms with Crippen molar-refractivity contribution in [1.82, 2.24) is 25.7 Å². The lowest BCUT2D eigenvalue weighted by Gasteiger charge is -2.23. The molecule has 4 N–H and O–H groups in total. The first-order valence-corrected chi connectivity index (χ1v) is 12.6. The normalized spacial score (nSPS) is 12.7. The summed E-state index contributed by atoms with van der Waals surface area (Å²) in [6.07, 6.45) is 7.89. The third-order valence-corrected chi connectivity index (χ3v) is 6.44. The molecule has 1 unspecified atom stereocenters. The number of aryl methyl sites for hydroxylation is 3. The van der Waals surface area contributed by atoms with E-state index in [9.17, 15) is 9.59 Å². The van der Waals surface area contributed by atoms with Crippen molar-refractivity contribution < 1.29 is 9.59 Å². The fraction of sp³-hybridized carbons (Fsp3) is 0.556. The molecule has 0 aliphatic rings. The van der Waals surface area contributed by atoms with Crippen molar-refractivity contribution in [1.29, 1.82) is 0 Å². The Balaban J connectivity index is 1.86. The Hall–Kier alpha value is -2.96. The van der Waals surface area contributed by atoms with Gasteiger partial charge in [-0.15, -0.1) is 0 Å². The highest BCUT2D eigenvalue weighted by atomic mass is 16.2. The molecule has 1 heterocycles. The summed E-state index contributed by atoms with van der Waals surface area (Å²) < 4.78 is 1.86. The van der Waals surface area contributed by atoms with Crippen LogP contribution in [-0.2, 0) is 29.0 Å². The second-order valence-electron chi connectivity index (χ2n) is 9.17. The molecule has 1 aromatic heterocycles. The quantitative estimate of drug-likeness (QED) is 0.282. The van der Waals surface area contributed by atoms with Gasteiger partial charge < -0.3 is 21.0 Å². The number of nitrogens with zero attached hydrogens (tertiary/aromatic N) is 1. The van der Waals surface area contributed by atoms with Gasteiger partial charge >= 0.3 is 0 Å². The van der Waals surface area contributed by atoms with Crippen LogP contribution < -0.4 is 16.0 Å². The minimum atomic E-state index is -0.650. The van der Waals surface area contributed by atoms with Gasteiger partial charge in [0.1, 0.15) is 6.04 Å². The van der Waals surface area contributed by atoms with Crippen LogP contribution in [0.3, 0.4) is 0 Å². The topological polar surface area (TPSA) is 91.0 Å². The van der Waals surface area contributed by atoms with Crippen molar-refractivity contribution in [3.05, 3.63) is 59.6 Å². The maximum atomic E-state index is 12.9. The van der Waals surface area contributed by atoms with Crippen LogP contribution in [0.1, 0.15) is 63.3 Å². The van der Waals surface area contributed by atoms with Crippen LogP contribution in [0.4, 0.5) is 0 Å². The second-order valence-corrected chi connectivity index (χ2v) is 9.17. The third-order valence-electron chi connectivity index (χ3n) is 6.44. The first-order valence-electron chi connectivity index (χ1n) is 12.6. The summed E-state index contributed by atoms with van der Waals surface area (Å²) in [6.45, 7) is 13.4. The van der Waals surface area contributed by atoms with Crippen molar-refractivity contribution in [2.45, 2.75) is 78.8 Å². The number of carbonyl (C=O) groups excluding carboxylic acids is 2. The van der Waals surface area contributed by atoms with Gasteiger partial charge in [0.25, 0.3) is 0 Å². The molecular formula is C27H43N5O2. The molecule has 0 spiro atoms. The smallest absolute Gasteiger partial charge is 0.244 e. The zero-order valence-electron chi connectivity index (χ0n) is 21.4. The molecule has 0 aliphatic heterocycles. The van der Waals surface area contributed by atoms with Crippen LogP contribution in [0, 0.1) is 12.8 Å². The highest BCUT2D eigenvalue weighted by Crippen LogP contribution is 2.17. The molecule has 0 radical (unpaired) electrons. The fourth-order valence-electron chi connectivity index (χ4n) is 3.70. The van der Waals surface area contributed by atoms with Gasteiger partial charge in [0.05, 0.1) is 13.1 Å². The Labute approximate surface area is 204 Å². The molecule has 2 rings (SSSR count). The molecule has 2 atom stereocenters. The highest BCUT2D eigenvalue weighted by molar-refractivity contribution is 5.88. The Morgan fingerprint density at radius 3 is 2.41 bits per heavy atom. The Morgan fingerprint density at radius 1 is 1.12 bits per heavy atom. The van der Waals surface area contributed by atoms with E-state index in [0.717, 1.165) is 43.0 Å². The van der Waals surface area contributed by atoms with E-state index in [2.05, 4.69) is 65.7 Å². The largest absolute Gasteiger partial charge is 0.380 e. The van der Waals surface area contributed by atoms with Crippen molar-refractivity contribution in [3.63, 3.8) is 0 Å². The Kier molecular flexibility index (Phi) is 11.5. The van der Waals surface area contributed by atoms with Gasteiger partial charge in [-0.3, -0.25) is 14.3 Å². The third kappa shape index (κ3) is 9.12. The average Bonchev–Trinajstić information content (AvgIpc) is 2.85. The van der Waals surface area contributed by atoms with E-state index in [1.54, 1.807) is 0 Å². The van der Waals surface area contributed by atoms with Gasteiger partial charge in [0.15, 0.2) is 0 Å². The van der Waals surface area contributed by atoms with Gasteiger partial charge in [-0.05, 0) is 56.1 Å². The zero-order chi connectivity index (χ0) is 24.9. The molecule has 7 nitrogen and oxygen atoms in total. The number of nitrogens with one attached hydrogen (secondary N) is 4. The first kappa shape index (κ1) is 27.3. The molecule has 2 amide bonds. The fourth-order valence-corrected chi connectivity index (χ4v) is 3.70. The number of rotatable bonds is 16. The molecule has 0 saturated carbocycles. The van der Waals surface area contributed by atoms with Crippen LogP contribution in [0.2, 0.25) is 0 Å². The number of aromatic nitrogens is 2. The van der Waals surface area contributed by atoms with Crippen molar-refractivity contribution in [3.8, 4) is 0 Å². The molecule has 0 saturated heterocycles. The number of benzene rings is 1. The van der Waals surface area contributed by atoms with Crippen molar-refractivity contribution in [2.75, 3.05) is 13.1 Å².